The van der Waals surface area contributed by atoms with Gasteiger partial charge >= 0.3 is 0 Å². The third-order valence-corrected chi connectivity index (χ3v) is 12.2. The zero-order valence-corrected chi connectivity index (χ0v) is 27.7. The minimum absolute atomic E-state index is 1.08. The van der Waals surface area contributed by atoms with E-state index in [1.54, 1.807) is 0 Å². The lowest BCUT2D eigenvalue weighted by Gasteiger charge is -2.11. The highest BCUT2D eigenvalue weighted by molar-refractivity contribution is 9.10. The first-order valence-electron chi connectivity index (χ1n) is 15.4. The Morgan fingerprint density at radius 1 is 0.413 bits per heavy atom. The molecular weight excluding hydrogens is 663 g/mol. The molecule has 3 aromatic heterocycles. The fourth-order valence-corrected chi connectivity index (χ4v) is 10.0. The van der Waals surface area contributed by atoms with E-state index in [-0.39, 0.29) is 0 Å². The van der Waals surface area contributed by atoms with E-state index in [2.05, 4.69) is 166 Å². The van der Waals surface area contributed by atoms with Crippen molar-refractivity contribution in [1.29, 1.82) is 0 Å². The molecule has 0 radical (unpaired) electrons. The van der Waals surface area contributed by atoms with Crippen LogP contribution in [0.1, 0.15) is 0 Å². The van der Waals surface area contributed by atoms with Crippen molar-refractivity contribution in [3.63, 3.8) is 0 Å². The number of nitrogens with zero attached hydrogens (tertiary/aromatic N) is 1. The molecule has 3 heterocycles. The van der Waals surface area contributed by atoms with E-state index in [0.29, 0.717) is 0 Å². The van der Waals surface area contributed by atoms with Crippen LogP contribution in [0.2, 0.25) is 0 Å². The minimum atomic E-state index is 1.08. The highest BCUT2D eigenvalue weighted by Gasteiger charge is 2.17. The number of hydrogen-bond acceptors (Lipinski definition) is 2. The fraction of sp³-hybridized carbons (Fsp3) is 0. The summed E-state index contributed by atoms with van der Waals surface area (Å²) < 4.78 is 8.86. The molecule has 10 rings (SSSR count). The Hall–Kier alpha value is -4.74. The number of benzene rings is 7. The lowest BCUT2D eigenvalue weighted by molar-refractivity contribution is 1.18. The van der Waals surface area contributed by atoms with Gasteiger partial charge in [0.05, 0.1) is 11.0 Å². The van der Waals surface area contributed by atoms with Crippen molar-refractivity contribution in [2.75, 3.05) is 0 Å². The van der Waals surface area contributed by atoms with Gasteiger partial charge < -0.3 is 4.57 Å². The van der Waals surface area contributed by atoms with Gasteiger partial charge in [-0.3, -0.25) is 0 Å². The van der Waals surface area contributed by atoms with Crippen LogP contribution in [0, 0.1) is 0 Å². The van der Waals surface area contributed by atoms with Crippen molar-refractivity contribution < 1.29 is 0 Å². The maximum absolute atomic E-state index is 3.77. The average molecular weight is 687 g/mol. The van der Waals surface area contributed by atoms with Crippen LogP contribution in [0.25, 0.3) is 90.1 Å². The maximum atomic E-state index is 3.77. The monoisotopic (exact) mass is 685 g/mol. The third kappa shape index (κ3) is 3.91. The average Bonchev–Trinajstić information content (AvgIpc) is 3.77. The van der Waals surface area contributed by atoms with Gasteiger partial charge in [-0.15, -0.1) is 22.7 Å². The van der Waals surface area contributed by atoms with Crippen molar-refractivity contribution in [2.45, 2.75) is 0 Å². The van der Waals surface area contributed by atoms with Gasteiger partial charge in [-0.05, 0) is 76.9 Å². The molecule has 7 aromatic carbocycles. The summed E-state index contributed by atoms with van der Waals surface area (Å²) in [5.41, 5.74) is 8.61. The number of fused-ring (bicyclic) bond motifs is 9. The molecule has 4 heteroatoms. The SMILES string of the molecule is Brc1ccc2c(c1)c1cc(-c3cccc4c3sc3ccccc34)ccc1n2-c1cccc(-c2cccc3c2sc2ccccc23)c1. The normalized spacial score (nSPS) is 12.0. The second-order valence-corrected chi connectivity index (χ2v) is 14.9. The summed E-state index contributed by atoms with van der Waals surface area (Å²) >= 11 is 7.54. The van der Waals surface area contributed by atoms with E-state index in [0.717, 1.165) is 10.2 Å². The molecule has 0 aliphatic heterocycles. The zero-order valence-electron chi connectivity index (χ0n) is 24.5. The van der Waals surface area contributed by atoms with Crippen LogP contribution < -0.4 is 0 Å². The van der Waals surface area contributed by atoms with E-state index in [4.69, 9.17) is 0 Å². The second-order valence-electron chi connectivity index (χ2n) is 11.8. The number of halogens is 1. The smallest absolute Gasteiger partial charge is 0.0541 e. The molecule has 0 saturated carbocycles. The van der Waals surface area contributed by atoms with E-state index in [1.165, 1.54) is 84.4 Å². The van der Waals surface area contributed by atoms with E-state index in [1.807, 2.05) is 22.7 Å². The summed E-state index contributed by atoms with van der Waals surface area (Å²) in [5.74, 6) is 0. The highest BCUT2D eigenvalue weighted by Crippen LogP contribution is 2.43. The molecule has 10 aromatic rings. The van der Waals surface area contributed by atoms with Crippen LogP contribution in [0.15, 0.2) is 150 Å². The number of hydrogen-bond donors (Lipinski definition) is 0. The van der Waals surface area contributed by atoms with Crippen LogP contribution in [0.4, 0.5) is 0 Å². The summed E-state index contributed by atoms with van der Waals surface area (Å²) in [6.07, 6.45) is 0. The van der Waals surface area contributed by atoms with Crippen molar-refractivity contribution in [1.82, 2.24) is 4.57 Å². The quantitative estimate of drug-likeness (QED) is 0.174. The van der Waals surface area contributed by atoms with Crippen LogP contribution in [-0.4, -0.2) is 4.57 Å². The Morgan fingerprint density at radius 3 is 1.63 bits per heavy atom. The Balaban J connectivity index is 1.19. The number of aromatic nitrogens is 1. The van der Waals surface area contributed by atoms with Crippen molar-refractivity contribution in [2.24, 2.45) is 0 Å². The molecule has 1 nitrogen and oxygen atoms in total. The van der Waals surface area contributed by atoms with Gasteiger partial charge in [0, 0.05) is 61.3 Å². The lowest BCUT2D eigenvalue weighted by Crippen LogP contribution is -1.94. The largest absolute Gasteiger partial charge is 0.309 e. The van der Waals surface area contributed by atoms with Crippen LogP contribution in [0.5, 0.6) is 0 Å². The van der Waals surface area contributed by atoms with E-state index in [9.17, 15) is 0 Å². The topological polar surface area (TPSA) is 4.93 Å². The molecule has 0 unspecified atom stereocenters. The van der Waals surface area contributed by atoms with Gasteiger partial charge in [-0.1, -0.05) is 107 Å². The molecule has 216 valence electrons. The summed E-state index contributed by atoms with van der Waals surface area (Å²) in [6, 6.07) is 53.6. The Morgan fingerprint density at radius 2 is 0.957 bits per heavy atom. The Bertz CT molecular complexity index is 2830. The molecule has 0 aliphatic rings. The van der Waals surface area contributed by atoms with Crippen molar-refractivity contribution in [3.05, 3.63) is 150 Å². The molecule has 0 bridgehead atoms. The predicted octanol–water partition coefficient (Wildman–Crippen LogP) is 13.6. The number of thiophene rings is 2. The van der Waals surface area contributed by atoms with Gasteiger partial charge in [0.25, 0.3) is 0 Å². The second kappa shape index (κ2) is 10.1. The van der Waals surface area contributed by atoms with Crippen molar-refractivity contribution in [3.8, 4) is 27.9 Å². The standard InChI is InChI=1S/C42H24BrNS2/c43-27-19-21-38-36(24-27)35-23-26(30-13-7-15-34-32-11-2-4-17-40(32)46-42(30)34)18-20-37(35)44(38)28-9-5-8-25(22-28)29-12-6-14-33-31-10-1-3-16-39(31)45-41(29)33/h1-24H. The first-order valence-corrected chi connectivity index (χ1v) is 17.8. The van der Waals surface area contributed by atoms with Crippen molar-refractivity contribution >= 4 is 101 Å². The van der Waals surface area contributed by atoms with Gasteiger partial charge in [-0.2, -0.15) is 0 Å². The molecule has 0 saturated heterocycles. The van der Waals surface area contributed by atoms with E-state index < -0.39 is 0 Å². The Labute approximate surface area is 281 Å². The molecule has 46 heavy (non-hydrogen) atoms. The summed E-state index contributed by atoms with van der Waals surface area (Å²) in [6.45, 7) is 0. The van der Waals surface area contributed by atoms with Gasteiger partial charge in [0.2, 0.25) is 0 Å². The minimum Gasteiger partial charge on any atom is -0.309 e. The van der Waals surface area contributed by atoms with Crippen LogP contribution in [0.3, 0.4) is 0 Å². The lowest BCUT2D eigenvalue weighted by atomic mass is 10.0. The molecular formula is C42H24BrNS2. The summed E-state index contributed by atoms with van der Waals surface area (Å²) in [4.78, 5) is 0. The van der Waals surface area contributed by atoms with E-state index >= 15 is 0 Å². The van der Waals surface area contributed by atoms with Gasteiger partial charge in [0.15, 0.2) is 0 Å². The molecule has 0 amide bonds. The Kier molecular flexibility index (Phi) is 5.83. The maximum Gasteiger partial charge on any atom is 0.0541 e. The molecule has 0 atom stereocenters. The zero-order chi connectivity index (χ0) is 30.4. The first kappa shape index (κ1) is 26.5. The number of rotatable bonds is 3. The third-order valence-electron chi connectivity index (χ3n) is 9.26. The fourth-order valence-electron chi connectivity index (χ4n) is 7.20. The summed E-state index contributed by atoms with van der Waals surface area (Å²) in [7, 11) is 0. The van der Waals surface area contributed by atoms with Crippen LogP contribution >= 0.6 is 38.6 Å². The summed E-state index contributed by atoms with van der Waals surface area (Å²) in [5, 5.41) is 7.81. The molecule has 0 N–H and O–H groups in total. The van der Waals surface area contributed by atoms with Gasteiger partial charge in [0.1, 0.15) is 0 Å². The molecule has 0 aliphatic carbocycles. The van der Waals surface area contributed by atoms with Gasteiger partial charge in [-0.25, -0.2) is 0 Å². The predicted molar refractivity (Wildman–Crippen MR) is 205 cm³/mol. The van der Waals surface area contributed by atoms with Crippen LogP contribution in [-0.2, 0) is 0 Å². The highest BCUT2D eigenvalue weighted by atomic mass is 79.9. The first-order chi connectivity index (χ1) is 22.7. The molecule has 0 fully saturated rings. The molecule has 0 spiro atoms.